The molecule has 0 saturated carbocycles. The Hall–Kier alpha value is -0.660. The summed E-state index contributed by atoms with van der Waals surface area (Å²) in [6, 6.07) is 0. The summed E-state index contributed by atoms with van der Waals surface area (Å²) in [4.78, 5) is 13.7. The molecular formula is C11H21NO2. The second-order valence-electron chi connectivity index (χ2n) is 3.33. The SMILES string of the molecule is CCCCCCCC(N=C=O)OCC. The Bertz CT molecular complexity index is 165. The van der Waals surface area contributed by atoms with E-state index in [1.54, 1.807) is 6.08 Å². The molecule has 1 atom stereocenters. The molecule has 14 heavy (non-hydrogen) atoms. The van der Waals surface area contributed by atoms with Crippen molar-refractivity contribution in [3.63, 3.8) is 0 Å². The van der Waals surface area contributed by atoms with E-state index in [1.807, 2.05) is 6.92 Å². The van der Waals surface area contributed by atoms with E-state index in [0.29, 0.717) is 6.61 Å². The van der Waals surface area contributed by atoms with Crippen molar-refractivity contribution in [3.8, 4) is 0 Å². The van der Waals surface area contributed by atoms with Crippen molar-refractivity contribution in [3.05, 3.63) is 0 Å². The lowest BCUT2D eigenvalue weighted by Gasteiger charge is -2.09. The molecule has 0 heterocycles. The molecule has 0 aromatic heterocycles. The quantitative estimate of drug-likeness (QED) is 0.325. The van der Waals surface area contributed by atoms with E-state index in [9.17, 15) is 4.79 Å². The highest BCUT2D eigenvalue weighted by Crippen LogP contribution is 2.09. The lowest BCUT2D eigenvalue weighted by Crippen LogP contribution is -2.09. The zero-order valence-corrected chi connectivity index (χ0v) is 9.29. The molecule has 0 fully saturated rings. The van der Waals surface area contributed by atoms with Gasteiger partial charge in [-0.05, 0) is 19.8 Å². The Labute approximate surface area is 86.6 Å². The van der Waals surface area contributed by atoms with Gasteiger partial charge in [-0.3, -0.25) is 0 Å². The van der Waals surface area contributed by atoms with Crippen molar-refractivity contribution in [2.24, 2.45) is 4.99 Å². The minimum atomic E-state index is -0.265. The van der Waals surface area contributed by atoms with E-state index in [-0.39, 0.29) is 6.23 Å². The monoisotopic (exact) mass is 199 g/mol. The largest absolute Gasteiger partial charge is 0.356 e. The van der Waals surface area contributed by atoms with Crippen molar-refractivity contribution in [2.45, 2.75) is 58.6 Å². The van der Waals surface area contributed by atoms with Crippen LogP contribution in [0.15, 0.2) is 4.99 Å². The zero-order chi connectivity index (χ0) is 10.6. The van der Waals surface area contributed by atoms with Crippen LogP contribution in [0.3, 0.4) is 0 Å². The van der Waals surface area contributed by atoms with Gasteiger partial charge in [-0.1, -0.05) is 32.6 Å². The Balaban J connectivity index is 3.45. The van der Waals surface area contributed by atoms with Gasteiger partial charge in [0.15, 0.2) is 6.23 Å². The maximum Gasteiger partial charge on any atom is 0.237 e. The molecule has 3 nitrogen and oxygen atoms in total. The van der Waals surface area contributed by atoms with Crippen LogP contribution in [-0.2, 0) is 9.53 Å². The molecule has 0 radical (unpaired) electrons. The van der Waals surface area contributed by atoms with E-state index in [1.165, 1.54) is 25.7 Å². The fourth-order valence-corrected chi connectivity index (χ4v) is 1.36. The number of rotatable bonds is 9. The van der Waals surface area contributed by atoms with Gasteiger partial charge in [-0.2, -0.15) is 4.99 Å². The summed E-state index contributed by atoms with van der Waals surface area (Å²) in [5, 5.41) is 0. The van der Waals surface area contributed by atoms with Crippen LogP contribution in [0, 0.1) is 0 Å². The van der Waals surface area contributed by atoms with Gasteiger partial charge in [0.25, 0.3) is 0 Å². The van der Waals surface area contributed by atoms with Gasteiger partial charge in [-0.25, -0.2) is 4.79 Å². The highest BCUT2D eigenvalue weighted by atomic mass is 16.5. The van der Waals surface area contributed by atoms with Gasteiger partial charge in [0.2, 0.25) is 6.08 Å². The molecule has 0 N–H and O–H groups in total. The van der Waals surface area contributed by atoms with Gasteiger partial charge in [0.1, 0.15) is 0 Å². The molecule has 0 rings (SSSR count). The fraction of sp³-hybridized carbons (Fsp3) is 0.909. The lowest BCUT2D eigenvalue weighted by molar-refractivity contribution is 0.0615. The van der Waals surface area contributed by atoms with Crippen LogP contribution in [0.4, 0.5) is 0 Å². The van der Waals surface area contributed by atoms with Crippen LogP contribution in [0.25, 0.3) is 0 Å². The van der Waals surface area contributed by atoms with Gasteiger partial charge < -0.3 is 4.74 Å². The second-order valence-corrected chi connectivity index (χ2v) is 3.33. The average Bonchev–Trinajstić information content (AvgIpc) is 2.18. The predicted molar refractivity (Wildman–Crippen MR) is 56.9 cm³/mol. The molecule has 0 amide bonds. The minimum Gasteiger partial charge on any atom is -0.356 e. The maximum atomic E-state index is 10.1. The standard InChI is InChI=1S/C11H21NO2/c1-3-5-6-7-8-9-11(12-10-13)14-4-2/h11H,3-9H2,1-2H3. The van der Waals surface area contributed by atoms with Gasteiger partial charge in [0, 0.05) is 6.61 Å². The molecule has 1 unspecified atom stereocenters. The molecule has 0 aliphatic heterocycles. The maximum absolute atomic E-state index is 10.1. The number of hydrogen-bond donors (Lipinski definition) is 0. The zero-order valence-electron chi connectivity index (χ0n) is 9.29. The van der Waals surface area contributed by atoms with Crippen LogP contribution in [0.5, 0.6) is 0 Å². The van der Waals surface area contributed by atoms with Gasteiger partial charge >= 0.3 is 0 Å². The van der Waals surface area contributed by atoms with E-state index >= 15 is 0 Å². The highest BCUT2D eigenvalue weighted by molar-refractivity contribution is 5.33. The fourth-order valence-electron chi connectivity index (χ4n) is 1.36. The number of carbonyl (C=O) groups excluding carboxylic acids is 1. The Morgan fingerprint density at radius 2 is 1.93 bits per heavy atom. The third-order valence-corrected chi connectivity index (χ3v) is 2.11. The van der Waals surface area contributed by atoms with Gasteiger partial charge in [-0.15, -0.1) is 0 Å². The predicted octanol–water partition coefficient (Wildman–Crippen LogP) is 3.05. The van der Waals surface area contributed by atoms with Crippen LogP contribution in [0.1, 0.15) is 52.4 Å². The first kappa shape index (κ1) is 13.3. The third kappa shape index (κ3) is 7.96. The van der Waals surface area contributed by atoms with E-state index in [4.69, 9.17) is 4.74 Å². The highest BCUT2D eigenvalue weighted by Gasteiger charge is 2.04. The van der Waals surface area contributed by atoms with Crippen molar-refractivity contribution in [1.29, 1.82) is 0 Å². The summed E-state index contributed by atoms with van der Waals surface area (Å²) in [6.07, 6.45) is 8.21. The third-order valence-electron chi connectivity index (χ3n) is 2.11. The summed E-state index contributed by atoms with van der Waals surface area (Å²) in [5.41, 5.74) is 0. The summed E-state index contributed by atoms with van der Waals surface area (Å²) in [6.45, 7) is 4.70. The summed E-state index contributed by atoms with van der Waals surface area (Å²) in [5.74, 6) is 0. The number of unbranched alkanes of at least 4 members (excludes halogenated alkanes) is 4. The van der Waals surface area contributed by atoms with E-state index in [2.05, 4.69) is 11.9 Å². The molecule has 0 aromatic carbocycles. The minimum absolute atomic E-state index is 0.265. The van der Waals surface area contributed by atoms with Crippen molar-refractivity contribution < 1.29 is 9.53 Å². The number of nitrogens with zero attached hydrogens (tertiary/aromatic N) is 1. The first-order valence-corrected chi connectivity index (χ1v) is 5.53. The van der Waals surface area contributed by atoms with Crippen molar-refractivity contribution >= 4 is 6.08 Å². The lowest BCUT2D eigenvalue weighted by atomic mass is 10.1. The number of hydrogen-bond acceptors (Lipinski definition) is 3. The Morgan fingerprint density at radius 1 is 1.21 bits per heavy atom. The molecule has 0 spiro atoms. The first-order chi connectivity index (χ1) is 6.85. The summed E-state index contributed by atoms with van der Waals surface area (Å²) in [7, 11) is 0. The molecule has 82 valence electrons. The van der Waals surface area contributed by atoms with Crippen LogP contribution < -0.4 is 0 Å². The molecule has 0 bridgehead atoms. The average molecular weight is 199 g/mol. The second kappa shape index (κ2) is 10.4. The summed E-state index contributed by atoms with van der Waals surface area (Å²) >= 11 is 0. The number of aliphatic imine (C=N–C) groups is 1. The molecule has 0 saturated heterocycles. The van der Waals surface area contributed by atoms with E-state index in [0.717, 1.165) is 12.8 Å². The molecule has 0 aromatic rings. The Kier molecular flexibility index (Phi) is 9.93. The summed E-state index contributed by atoms with van der Waals surface area (Å²) < 4.78 is 5.26. The van der Waals surface area contributed by atoms with Crippen molar-refractivity contribution in [1.82, 2.24) is 0 Å². The molecule has 3 heteroatoms. The molecule has 0 aliphatic carbocycles. The Morgan fingerprint density at radius 3 is 2.50 bits per heavy atom. The smallest absolute Gasteiger partial charge is 0.237 e. The topological polar surface area (TPSA) is 38.7 Å². The van der Waals surface area contributed by atoms with Crippen LogP contribution in [-0.4, -0.2) is 18.9 Å². The number of ether oxygens (including phenoxy) is 1. The van der Waals surface area contributed by atoms with Crippen LogP contribution in [0.2, 0.25) is 0 Å². The number of isocyanates is 1. The first-order valence-electron chi connectivity index (χ1n) is 5.53. The van der Waals surface area contributed by atoms with Crippen LogP contribution >= 0.6 is 0 Å². The normalized spacial score (nSPS) is 12.1. The molecular weight excluding hydrogens is 178 g/mol. The van der Waals surface area contributed by atoms with Crippen molar-refractivity contribution in [2.75, 3.05) is 6.61 Å². The van der Waals surface area contributed by atoms with Gasteiger partial charge in [0.05, 0.1) is 0 Å². The van der Waals surface area contributed by atoms with E-state index < -0.39 is 0 Å². The molecule has 0 aliphatic rings.